The number of nitrogens with one attached hydrogen (secondary N) is 4. The zero-order valence-electron chi connectivity index (χ0n) is 25.4. The fraction of sp³-hybridized carbons (Fsp3) is 0.433. The molecule has 1 saturated heterocycles. The summed E-state index contributed by atoms with van der Waals surface area (Å²) >= 11 is 0.643. The number of anilines is 2. The smallest absolute Gasteiger partial charge is 0.412 e. The molecule has 246 valence electrons. The summed E-state index contributed by atoms with van der Waals surface area (Å²) < 4.78 is 34.8. The average Bonchev–Trinajstić information content (AvgIpc) is 3.53. The van der Waals surface area contributed by atoms with Crippen LogP contribution >= 0.6 is 11.3 Å². The summed E-state index contributed by atoms with van der Waals surface area (Å²) in [6.07, 6.45) is -2.81. The highest BCUT2D eigenvalue weighted by Gasteiger charge is 2.50. The number of hydrogen-bond donors (Lipinski definition) is 7. The first-order valence-electron chi connectivity index (χ1n) is 14.5. The number of carbonyl (C=O) groups excluding carboxylic acids is 2. The number of thiazole rings is 1. The SMILES string of the molecule is C[C@H]1CNC[C@](NC(=O)O)(c2c(NC(=O)c3nc(-c4c(F)cccc4F)sc3NC(=O)OC(C)(C)C)cnc3c2CCC3O)[C@@H]1O. The largest absolute Gasteiger partial charge is 0.465 e. The number of benzene rings is 1. The minimum Gasteiger partial charge on any atom is -0.465 e. The Balaban J connectivity index is 1.63. The van der Waals surface area contributed by atoms with E-state index < -0.39 is 70.3 Å². The maximum absolute atomic E-state index is 14.7. The molecule has 0 saturated carbocycles. The molecule has 3 heterocycles. The highest BCUT2D eigenvalue weighted by Crippen LogP contribution is 2.44. The van der Waals surface area contributed by atoms with Gasteiger partial charge in [0.25, 0.3) is 5.91 Å². The Morgan fingerprint density at radius 2 is 1.85 bits per heavy atom. The summed E-state index contributed by atoms with van der Waals surface area (Å²) in [4.78, 5) is 47.3. The van der Waals surface area contributed by atoms with Crippen molar-refractivity contribution >= 4 is 40.1 Å². The molecule has 0 radical (unpaired) electrons. The Bertz CT molecular complexity index is 1680. The number of aliphatic hydroxyl groups excluding tert-OH is 2. The number of carboxylic acid groups (broad SMARTS) is 1. The third-order valence-corrected chi connectivity index (χ3v) is 8.76. The Morgan fingerprint density at radius 3 is 2.50 bits per heavy atom. The van der Waals surface area contributed by atoms with Gasteiger partial charge in [-0.25, -0.2) is 23.4 Å². The van der Waals surface area contributed by atoms with Crippen LogP contribution in [0.25, 0.3) is 10.6 Å². The van der Waals surface area contributed by atoms with Gasteiger partial charge in [0.05, 0.1) is 35.3 Å². The molecular weight excluding hydrogens is 626 g/mol. The fourth-order valence-electron chi connectivity index (χ4n) is 5.88. The van der Waals surface area contributed by atoms with Gasteiger partial charge in [-0.1, -0.05) is 24.3 Å². The third kappa shape index (κ3) is 6.38. The molecule has 1 unspecified atom stereocenters. The topological polar surface area (TPSA) is 195 Å². The van der Waals surface area contributed by atoms with Gasteiger partial charge < -0.3 is 36.0 Å². The number of carbonyl (C=O) groups is 3. The monoisotopic (exact) mass is 660 g/mol. The standard InChI is InChI=1S/C30H34F2N6O7S/c1-13-10-33-12-30(23(13)40,38-27(42)43)20-14-8-9-18(39)21(14)34-11-17(20)35-24(41)22-26(37-28(44)45-29(2,3)4)46-25(36-22)19-15(31)6-5-7-16(19)32/h5-7,11,13,18,23,33,38-40H,8-10,12H2,1-4H3,(H,35,41)(H,37,44)(H,42,43)/t13-,18?,23+,30-/m0/s1. The number of nitrogens with zero attached hydrogens (tertiary/aromatic N) is 2. The van der Waals surface area contributed by atoms with Crippen LogP contribution in [0.1, 0.15) is 67.5 Å². The summed E-state index contributed by atoms with van der Waals surface area (Å²) in [5.41, 5.74) is -2.59. The molecule has 0 spiro atoms. The number of ether oxygens (including phenoxy) is 1. The van der Waals surface area contributed by atoms with Crippen LogP contribution < -0.4 is 21.3 Å². The molecule has 3 amide bonds. The van der Waals surface area contributed by atoms with Crippen molar-refractivity contribution in [1.29, 1.82) is 0 Å². The molecule has 13 nitrogen and oxygen atoms in total. The van der Waals surface area contributed by atoms with E-state index in [1.165, 1.54) is 12.3 Å². The van der Waals surface area contributed by atoms with Crippen molar-refractivity contribution in [3.05, 3.63) is 58.5 Å². The maximum atomic E-state index is 14.7. The van der Waals surface area contributed by atoms with Crippen molar-refractivity contribution < 1.29 is 43.2 Å². The zero-order valence-corrected chi connectivity index (χ0v) is 26.2. The number of fused-ring (bicyclic) bond motifs is 1. The average molecular weight is 661 g/mol. The number of rotatable bonds is 6. The van der Waals surface area contributed by atoms with Gasteiger partial charge in [0.15, 0.2) is 5.69 Å². The molecule has 1 aliphatic heterocycles. The normalized spacial score (nSPS) is 22.6. The molecule has 7 N–H and O–H groups in total. The van der Waals surface area contributed by atoms with E-state index in [0.717, 1.165) is 12.1 Å². The molecule has 1 fully saturated rings. The van der Waals surface area contributed by atoms with E-state index in [9.17, 15) is 38.5 Å². The lowest BCUT2D eigenvalue weighted by Crippen LogP contribution is -2.65. The van der Waals surface area contributed by atoms with E-state index in [1.807, 2.05) is 0 Å². The van der Waals surface area contributed by atoms with Gasteiger partial charge >= 0.3 is 12.2 Å². The van der Waals surface area contributed by atoms with Gasteiger partial charge in [-0.05, 0) is 57.2 Å². The number of hydrogen-bond acceptors (Lipinski definition) is 10. The van der Waals surface area contributed by atoms with Crippen LogP contribution in [0.3, 0.4) is 0 Å². The first-order chi connectivity index (χ1) is 21.6. The van der Waals surface area contributed by atoms with Gasteiger partial charge in [-0.3, -0.25) is 15.1 Å². The molecule has 0 bridgehead atoms. The predicted octanol–water partition coefficient (Wildman–Crippen LogP) is 4.13. The van der Waals surface area contributed by atoms with E-state index >= 15 is 0 Å². The van der Waals surface area contributed by atoms with Crippen molar-refractivity contribution in [2.45, 2.75) is 63.9 Å². The molecule has 3 aromatic rings. The number of halogens is 2. The minimum atomic E-state index is -1.68. The summed E-state index contributed by atoms with van der Waals surface area (Å²) in [5.74, 6) is -3.25. The lowest BCUT2D eigenvalue weighted by molar-refractivity contribution is -0.00478. The fourth-order valence-corrected chi connectivity index (χ4v) is 6.88. The van der Waals surface area contributed by atoms with Crippen LogP contribution in [0.5, 0.6) is 0 Å². The van der Waals surface area contributed by atoms with Gasteiger partial charge in [0, 0.05) is 18.7 Å². The minimum absolute atomic E-state index is 0.00334. The van der Waals surface area contributed by atoms with E-state index in [-0.39, 0.29) is 46.3 Å². The lowest BCUT2D eigenvalue weighted by Gasteiger charge is -2.46. The molecule has 2 aliphatic rings. The van der Waals surface area contributed by atoms with Crippen LogP contribution in [0, 0.1) is 17.6 Å². The van der Waals surface area contributed by atoms with Crippen molar-refractivity contribution in [1.82, 2.24) is 20.6 Å². The molecule has 1 aromatic carbocycles. The molecule has 46 heavy (non-hydrogen) atoms. The van der Waals surface area contributed by atoms with E-state index in [0.29, 0.717) is 23.4 Å². The number of aromatic nitrogens is 2. The van der Waals surface area contributed by atoms with Crippen LogP contribution in [-0.2, 0) is 16.7 Å². The lowest BCUT2D eigenvalue weighted by atomic mass is 9.74. The Labute approximate surface area is 266 Å². The van der Waals surface area contributed by atoms with Crippen molar-refractivity contribution in [3.8, 4) is 10.6 Å². The summed E-state index contributed by atoms with van der Waals surface area (Å²) in [6, 6.07) is 3.22. The molecule has 4 atom stereocenters. The highest BCUT2D eigenvalue weighted by molar-refractivity contribution is 7.19. The van der Waals surface area contributed by atoms with E-state index in [4.69, 9.17) is 4.74 Å². The molecule has 1 aliphatic carbocycles. The van der Waals surface area contributed by atoms with E-state index in [2.05, 4.69) is 31.2 Å². The van der Waals surface area contributed by atoms with Crippen LogP contribution in [-0.4, -0.2) is 68.2 Å². The highest BCUT2D eigenvalue weighted by atomic mass is 32.1. The van der Waals surface area contributed by atoms with E-state index in [1.54, 1.807) is 27.7 Å². The summed E-state index contributed by atoms with van der Waals surface area (Å²) in [5, 5.41) is 42.2. The predicted molar refractivity (Wildman–Crippen MR) is 164 cm³/mol. The van der Waals surface area contributed by atoms with Crippen LogP contribution in [0.2, 0.25) is 0 Å². The summed E-state index contributed by atoms with van der Waals surface area (Å²) in [7, 11) is 0. The van der Waals surface area contributed by atoms with Crippen LogP contribution in [0.4, 0.5) is 29.1 Å². The van der Waals surface area contributed by atoms with Gasteiger partial charge in [-0.15, -0.1) is 0 Å². The van der Waals surface area contributed by atoms with Crippen molar-refractivity contribution in [2.75, 3.05) is 23.7 Å². The van der Waals surface area contributed by atoms with Crippen LogP contribution in [0.15, 0.2) is 24.4 Å². The molecular formula is C30H34F2N6O7S. The quantitative estimate of drug-likeness (QED) is 0.202. The van der Waals surface area contributed by atoms with Gasteiger partial charge in [0.1, 0.15) is 32.8 Å². The Hall–Kier alpha value is -4.25. The second-order valence-corrected chi connectivity index (χ2v) is 13.3. The summed E-state index contributed by atoms with van der Waals surface area (Å²) in [6.45, 7) is 6.94. The Morgan fingerprint density at radius 1 is 1.15 bits per heavy atom. The van der Waals surface area contributed by atoms with Crippen molar-refractivity contribution in [2.24, 2.45) is 5.92 Å². The second-order valence-electron chi connectivity index (χ2n) is 12.3. The second kappa shape index (κ2) is 12.5. The van der Waals surface area contributed by atoms with Gasteiger partial charge in [-0.2, -0.15) is 0 Å². The number of pyridine rings is 1. The number of piperidine rings is 1. The first kappa shape index (κ1) is 33.1. The maximum Gasteiger partial charge on any atom is 0.412 e. The molecule has 5 rings (SSSR count). The third-order valence-electron chi connectivity index (χ3n) is 7.77. The van der Waals surface area contributed by atoms with Gasteiger partial charge in [0.2, 0.25) is 0 Å². The number of amides is 3. The number of aliphatic hydroxyl groups is 2. The Kier molecular flexibility index (Phi) is 9.01. The molecule has 2 aromatic heterocycles. The molecule has 16 heteroatoms. The van der Waals surface area contributed by atoms with Crippen molar-refractivity contribution in [3.63, 3.8) is 0 Å². The first-order valence-corrected chi connectivity index (χ1v) is 15.3. The zero-order chi connectivity index (χ0) is 33.6.